The molecule has 2 heterocycles. The number of hydrogen-bond acceptors (Lipinski definition) is 6. The van der Waals surface area contributed by atoms with Gasteiger partial charge in [0.2, 0.25) is 0 Å². The van der Waals surface area contributed by atoms with Gasteiger partial charge in [-0.2, -0.15) is 4.98 Å². The third-order valence-corrected chi connectivity index (χ3v) is 3.89. The fourth-order valence-corrected chi connectivity index (χ4v) is 2.62. The van der Waals surface area contributed by atoms with Gasteiger partial charge < -0.3 is 14.7 Å². The summed E-state index contributed by atoms with van der Waals surface area (Å²) < 4.78 is 5.27. The second kappa shape index (κ2) is 6.34. The molecule has 1 fully saturated rings. The molecule has 0 bridgehead atoms. The van der Waals surface area contributed by atoms with E-state index in [0.717, 1.165) is 18.5 Å². The van der Waals surface area contributed by atoms with Crippen molar-refractivity contribution in [1.82, 2.24) is 15.0 Å². The molecule has 2 atom stereocenters. The summed E-state index contributed by atoms with van der Waals surface area (Å²) in [5.74, 6) is 1.10. The first-order valence-electron chi connectivity index (χ1n) is 7.15. The average molecular weight is 289 g/mol. The van der Waals surface area contributed by atoms with Gasteiger partial charge in [-0.15, -0.1) is 0 Å². The lowest BCUT2D eigenvalue weighted by atomic mass is 9.95. The van der Waals surface area contributed by atoms with E-state index in [1.54, 1.807) is 0 Å². The van der Waals surface area contributed by atoms with E-state index in [1.807, 2.05) is 30.3 Å². The van der Waals surface area contributed by atoms with Crippen molar-refractivity contribution in [2.24, 2.45) is 5.92 Å². The molecule has 0 unspecified atom stereocenters. The Morgan fingerprint density at radius 2 is 2.10 bits per heavy atom. The lowest BCUT2D eigenvalue weighted by Crippen LogP contribution is -2.44. The van der Waals surface area contributed by atoms with E-state index in [0.29, 0.717) is 24.8 Å². The summed E-state index contributed by atoms with van der Waals surface area (Å²) in [4.78, 5) is 6.47. The monoisotopic (exact) mass is 289 g/mol. The normalized spacial score (nSPS) is 23.3. The molecule has 0 aliphatic carbocycles. The van der Waals surface area contributed by atoms with Crippen LogP contribution in [0.3, 0.4) is 0 Å². The molecule has 1 saturated heterocycles. The molecule has 112 valence electrons. The summed E-state index contributed by atoms with van der Waals surface area (Å²) in [6, 6.07) is 9.64. The maximum absolute atomic E-state index is 9.93. The summed E-state index contributed by atoms with van der Waals surface area (Å²) in [6.07, 6.45) is 0.283. The summed E-state index contributed by atoms with van der Waals surface area (Å²) in [5.41, 5.74) is 0.898. The molecule has 2 N–H and O–H groups in total. The van der Waals surface area contributed by atoms with E-state index < -0.39 is 6.10 Å². The Morgan fingerprint density at radius 3 is 2.81 bits per heavy atom. The number of aliphatic hydroxyl groups excluding tert-OH is 2. The third-order valence-electron chi connectivity index (χ3n) is 3.89. The standard InChI is InChI=1S/C15H19N3O3/c19-10-12-6-7-18(8-13(12)20)9-14-16-15(21-17-14)11-4-2-1-3-5-11/h1-5,12-13,19-20H,6-10H2/t12-,13+/m0/s1. The minimum Gasteiger partial charge on any atom is -0.396 e. The number of hydrogen-bond donors (Lipinski definition) is 2. The van der Waals surface area contributed by atoms with Crippen molar-refractivity contribution in [1.29, 1.82) is 0 Å². The molecule has 0 saturated carbocycles. The largest absolute Gasteiger partial charge is 0.396 e. The van der Waals surface area contributed by atoms with Crippen LogP contribution in [0.25, 0.3) is 11.5 Å². The van der Waals surface area contributed by atoms with Gasteiger partial charge in [0, 0.05) is 24.6 Å². The number of aliphatic hydroxyl groups is 2. The highest BCUT2D eigenvalue weighted by Crippen LogP contribution is 2.20. The molecule has 1 aliphatic rings. The highest BCUT2D eigenvalue weighted by atomic mass is 16.5. The molecular formula is C15H19N3O3. The number of likely N-dealkylation sites (tertiary alicyclic amines) is 1. The van der Waals surface area contributed by atoms with Crippen LogP contribution < -0.4 is 0 Å². The van der Waals surface area contributed by atoms with Crippen molar-refractivity contribution in [3.05, 3.63) is 36.2 Å². The molecule has 1 aromatic carbocycles. The molecular weight excluding hydrogens is 270 g/mol. The first-order valence-corrected chi connectivity index (χ1v) is 7.15. The van der Waals surface area contributed by atoms with E-state index in [-0.39, 0.29) is 12.5 Å². The topological polar surface area (TPSA) is 82.6 Å². The van der Waals surface area contributed by atoms with Crippen LogP contribution in [0.4, 0.5) is 0 Å². The minimum absolute atomic E-state index is 0.0219. The van der Waals surface area contributed by atoms with E-state index in [9.17, 15) is 5.11 Å². The number of piperidine rings is 1. The predicted octanol–water partition coefficient (Wildman–Crippen LogP) is 0.912. The van der Waals surface area contributed by atoms with E-state index in [2.05, 4.69) is 15.0 Å². The van der Waals surface area contributed by atoms with Crippen LogP contribution in [-0.4, -0.2) is 51.1 Å². The average Bonchev–Trinajstić information content (AvgIpc) is 2.97. The van der Waals surface area contributed by atoms with Crippen molar-refractivity contribution in [2.45, 2.75) is 19.1 Å². The van der Waals surface area contributed by atoms with Gasteiger partial charge in [-0.05, 0) is 25.1 Å². The van der Waals surface area contributed by atoms with Gasteiger partial charge in [-0.25, -0.2) is 0 Å². The Hall–Kier alpha value is -1.76. The third kappa shape index (κ3) is 3.29. The quantitative estimate of drug-likeness (QED) is 0.870. The molecule has 1 aromatic heterocycles. The Labute approximate surface area is 123 Å². The zero-order valence-electron chi connectivity index (χ0n) is 11.7. The number of benzene rings is 1. The maximum Gasteiger partial charge on any atom is 0.257 e. The van der Waals surface area contributed by atoms with Gasteiger partial charge in [0.15, 0.2) is 5.82 Å². The van der Waals surface area contributed by atoms with Crippen molar-refractivity contribution in [3.8, 4) is 11.5 Å². The Bertz CT molecular complexity index is 573. The van der Waals surface area contributed by atoms with Gasteiger partial charge in [-0.3, -0.25) is 4.90 Å². The highest BCUT2D eigenvalue weighted by Gasteiger charge is 2.27. The van der Waals surface area contributed by atoms with Gasteiger partial charge >= 0.3 is 0 Å². The van der Waals surface area contributed by atoms with Crippen molar-refractivity contribution < 1.29 is 14.7 Å². The van der Waals surface area contributed by atoms with E-state index >= 15 is 0 Å². The Morgan fingerprint density at radius 1 is 1.29 bits per heavy atom. The molecule has 1 aliphatic heterocycles. The number of rotatable bonds is 4. The van der Waals surface area contributed by atoms with Crippen LogP contribution in [0.15, 0.2) is 34.9 Å². The first-order chi connectivity index (χ1) is 10.3. The van der Waals surface area contributed by atoms with Crippen LogP contribution in [-0.2, 0) is 6.54 Å². The molecule has 21 heavy (non-hydrogen) atoms. The zero-order chi connectivity index (χ0) is 14.7. The number of nitrogens with zero attached hydrogens (tertiary/aromatic N) is 3. The first kappa shape index (κ1) is 14.2. The Kier molecular flexibility index (Phi) is 4.28. The summed E-state index contributed by atoms with van der Waals surface area (Å²) in [5, 5.41) is 23.1. The second-order valence-electron chi connectivity index (χ2n) is 5.42. The SMILES string of the molecule is OC[C@@H]1CCN(Cc2noc(-c3ccccc3)n2)C[C@H]1O. The lowest BCUT2D eigenvalue weighted by Gasteiger charge is -2.34. The summed E-state index contributed by atoms with van der Waals surface area (Å²) in [7, 11) is 0. The van der Waals surface area contributed by atoms with Crippen LogP contribution >= 0.6 is 0 Å². The minimum atomic E-state index is -0.496. The fraction of sp³-hybridized carbons (Fsp3) is 0.467. The van der Waals surface area contributed by atoms with E-state index in [4.69, 9.17) is 9.63 Å². The molecule has 6 heteroatoms. The van der Waals surface area contributed by atoms with Crippen LogP contribution in [0, 0.1) is 5.92 Å². The van der Waals surface area contributed by atoms with E-state index in [1.165, 1.54) is 0 Å². The number of aromatic nitrogens is 2. The second-order valence-corrected chi connectivity index (χ2v) is 5.42. The van der Waals surface area contributed by atoms with Gasteiger partial charge in [-0.1, -0.05) is 23.4 Å². The van der Waals surface area contributed by atoms with Gasteiger partial charge in [0.25, 0.3) is 5.89 Å². The Balaban J connectivity index is 1.63. The lowest BCUT2D eigenvalue weighted by molar-refractivity contribution is -0.00534. The molecule has 0 radical (unpaired) electrons. The molecule has 6 nitrogen and oxygen atoms in total. The van der Waals surface area contributed by atoms with Crippen molar-refractivity contribution in [2.75, 3.05) is 19.7 Å². The summed E-state index contributed by atoms with van der Waals surface area (Å²) >= 11 is 0. The highest BCUT2D eigenvalue weighted by molar-refractivity contribution is 5.51. The smallest absolute Gasteiger partial charge is 0.257 e. The maximum atomic E-state index is 9.93. The summed E-state index contributed by atoms with van der Waals surface area (Å²) in [6.45, 7) is 1.93. The van der Waals surface area contributed by atoms with Crippen LogP contribution in [0.1, 0.15) is 12.2 Å². The van der Waals surface area contributed by atoms with Gasteiger partial charge in [0.05, 0.1) is 12.6 Å². The molecule has 2 aromatic rings. The molecule has 3 rings (SSSR count). The van der Waals surface area contributed by atoms with Crippen LogP contribution in [0.2, 0.25) is 0 Å². The van der Waals surface area contributed by atoms with Crippen LogP contribution in [0.5, 0.6) is 0 Å². The zero-order valence-corrected chi connectivity index (χ0v) is 11.7. The van der Waals surface area contributed by atoms with Crippen molar-refractivity contribution >= 4 is 0 Å². The number of β-amino-alcohol motifs (C(OH)–C–C–N with tert-alkyl or cyclic N) is 1. The van der Waals surface area contributed by atoms with Crippen molar-refractivity contribution in [3.63, 3.8) is 0 Å². The van der Waals surface area contributed by atoms with Gasteiger partial charge in [0.1, 0.15) is 0 Å². The predicted molar refractivity (Wildman–Crippen MR) is 76.2 cm³/mol. The fourth-order valence-electron chi connectivity index (χ4n) is 2.62. The molecule has 0 spiro atoms. The molecule has 0 amide bonds.